The maximum Gasteiger partial charge on any atom is 0.123 e. The van der Waals surface area contributed by atoms with E-state index in [0.717, 1.165) is 20.2 Å². The molecule has 0 spiro atoms. The molecule has 3 N–H and O–H groups in total. The lowest BCUT2D eigenvalue weighted by atomic mass is 10.0. The van der Waals surface area contributed by atoms with Gasteiger partial charge in [-0.1, -0.05) is 12.1 Å². The summed E-state index contributed by atoms with van der Waals surface area (Å²) in [5.41, 5.74) is 4.36. The Morgan fingerprint density at radius 3 is 2.74 bits per heavy atom. The summed E-state index contributed by atoms with van der Waals surface area (Å²) in [6.07, 6.45) is 2.26. The highest BCUT2D eigenvalue weighted by Gasteiger charge is 2.16. The van der Waals surface area contributed by atoms with Gasteiger partial charge in [0.1, 0.15) is 5.82 Å². The van der Waals surface area contributed by atoms with Crippen LogP contribution in [0.2, 0.25) is 0 Å². The first-order valence-electron chi connectivity index (χ1n) is 5.61. The third-order valence-electron chi connectivity index (χ3n) is 2.70. The van der Waals surface area contributed by atoms with E-state index in [1.807, 2.05) is 12.1 Å². The van der Waals surface area contributed by atoms with Crippen molar-refractivity contribution in [2.45, 2.75) is 12.5 Å². The number of pyridine rings is 1. The number of nitrogens with one attached hydrogen (secondary N) is 1. The molecule has 1 aromatic carbocycles. The first-order valence-corrected chi connectivity index (χ1v) is 7.20. The van der Waals surface area contributed by atoms with Crippen molar-refractivity contribution in [2.24, 2.45) is 5.84 Å². The molecule has 2 aromatic rings. The van der Waals surface area contributed by atoms with Crippen LogP contribution >= 0.6 is 31.9 Å². The fraction of sp³-hybridized carbons (Fsp3) is 0.154. The summed E-state index contributed by atoms with van der Waals surface area (Å²) in [4.78, 5) is 4.34. The largest absolute Gasteiger partial charge is 0.271 e. The van der Waals surface area contributed by atoms with Gasteiger partial charge in [0.2, 0.25) is 0 Å². The fourth-order valence-corrected chi connectivity index (χ4v) is 3.08. The molecule has 0 aliphatic carbocycles. The molecule has 2 rings (SSSR count). The molecule has 0 fully saturated rings. The minimum absolute atomic E-state index is 0.190. The molecule has 1 atom stereocenters. The van der Waals surface area contributed by atoms with Crippen LogP contribution in [0.3, 0.4) is 0 Å². The Morgan fingerprint density at radius 1 is 1.32 bits per heavy atom. The van der Waals surface area contributed by atoms with Gasteiger partial charge < -0.3 is 0 Å². The number of hydrogen-bond acceptors (Lipinski definition) is 3. The highest BCUT2D eigenvalue weighted by molar-refractivity contribution is 9.11. The Balaban J connectivity index is 2.25. The summed E-state index contributed by atoms with van der Waals surface area (Å²) in [6.45, 7) is 0. The lowest BCUT2D eigenvalue weighted by Crippen LogP contribution is -2.30. The molecule has 100 valence electrons. The zero-order valence-corrected chi connectivity index (χ0v) is 13.1. The smallest absolute Gasteiger partial charge is 0.123 e. The van der Waals surface area contributed by atoms with E-state index in [0.29, 0.717) is 6.42 Å². The lowest BCUT2D eigenvalue weighted by Gasteiger charge is -2.17. The van der Waals surface area contributed by atoms with Crippen molar-refractivity contribution in [1.82, 2.24) is 10.4 Å². The summed E-state index contributed by atoms with van der Waals surface area (Å²) in [5, 5.41) is 0. The van der Waals surface area contributed by atoms with E-state index >= 15 is 0 Å². The molecule has 0 amide bonds. The van der Waals surface area contributed by atoms with E-state index in [4.69, 9.17) is 5.84 Å². The van der Waals surface area contributed by atoms with Crippen molar-refractivity contribution in [1.29, 1.82) is 0 Å². The number of hydrogen-bond donors (Lipinski definition) is 2. The van der Waals surface area contributed by atoms with Gasteiger partial charge in [0.25, 0.3) is 0 Å². The van der Waals surface area contributed by atoms with Crippen LogP contribution in [-0.4, -0.2) is 4.98 Å². The van der Waals surface area contributed by atoms with Gasteiger partial charge in [-0.3, -0.25) is 16.3 Å². The average Bonchev–Trinajstić information content (AvgIpc) is 2.37. The number of rotatable bonds is 4. The fourth-order valence-electron chi connectivity index (χ4n) is 1.82. The third-order valence-corrected chi connectivity index (χ3v) is 3.77. The van der Waals surface area contributed by atoms with Crippen LogP contribution in [0.25, 0.3) is 0 Å². The number of benzene rings is 1. The molecule has 19 heavy (non-hydrogen) atoms. The van der Waals surface area contributed by atoms with Crippen LogP contribution in [-0.2, 0) is 6.42 Å². The van der Waals surface area contributed by atoms with Crippen LogP contribution in [0.1, 0.15) is 17.3 Å². The number of aromatic nitrogens is 1. The Kier molecular flexibility index (Phi) is 5.04. The summed E-state index contributed by atoms with van der Waals surface area (Å²) < 4.78 is 14.9. The highest BCUT2D eigenvalue weighted by Crippen LogP contribution is 2.26. The Hall–Kier alpha value is -0.820. The second-order valence-corrected chi connectivity index (χ2v) is 5.84. The van der Waals surface area contributed by atoms with E-state index < -0.39 is 0 Å². The first kappa shape index (κ1) is 14.6. The van der Waals surface area contributed by atoms with Gasteiger partial charge in [-0.25, -0.2) is 4.39 Å². The average molecular weight is 389 g/mol. The zero-order chi connectivity index (χ0) is 13.8. The molecule has 0 saturated carbocycles. The minimum Gasteiger partial charge on any atom is -0.271 e. The normalized spacial score (nSPS) is 12.4. The van der Waals surface area contributed by atoms with Crippen LogP contribution in [0.15, 0.2) is 45.5 Å². The predicted octanol–water partition coefficient (Wildman–Crippen LogP) is 3.49. The van der Waals surface area contributed by atoms with Gasteiger partial charge in [-0.2, -0.15) is 0 Å². The molecule has 6 heteroatoms. The molecule has 0 saturated heterocycles. The van der Waals surface area contributed by atoms with Crippen molar-refractivity contribution in [2.75, 3.05) is 0 Å². The second kappa shape index (κ2) is 6.56. The highest BCUT2D eigenvalue weighted by atomic mass is 79.9. The van der Waals surface area contributed by atoms with Gasteiger partial charge in [0, 0.05) is 15.1 Å². The Labute approximate surface area is 127 Å². The molecule has 1 unspecified atom stereocenters. The van der Waals surface area contributed by atoms with Gasteiger partial charge in [0.05, 0.1) is 11.7 Å². The Bertz CT molecular complexity index is 578. The van der Waals surface area contributed by atoms with Crippen LogP contribution in [0, 0.1) is 5.82 Å². The summed E-state index contributed by atoms with van der Waals surface area (Å²) in [5.74, 6) is 5.33. The molecule has 0 aliphatic rings. The lowest BCUT2D eigenvalue weighted by molar-refractivity contribution is 0.533. The van der Waals surface area contributed by atoms with Gasteiger partial charge in [0.15, 0.2) is 0 Å². The second-order valence-electron chi connectivity index (χ2n) is 4.07. The molecule has 3 nitrogen and oxygen atoms in total. The summed E-state index contributed by atoms with van der Waals surface area (Å²) in [7, 11) is 0. The minimum atomic E-state index is -0.254. The SMILES string of the molecule is NNC(Cc1cccc(F)c1)c1ncc(Br)cc1Br. The van der Waals surface area contributed by atoms with Gasteiger partial charge in [-0.15, -0.1) is 0 Å². The molecule has 0 aliphatic heterocycles. The van der Waals surface area contributed by atoms with Crippen LogP contribution < -0.4 is 11.3 Å². The number of halogens is 3. The van der Waals surface area contributed by atoms with E-state index in [2.05, 4.69) is 42.3 Å². The molecule has 0 bridgehead atoms. The molecule has 1 aromatic heterocycles. The van der Waals surface area contributed by atoms with Crippen LogP contribution in [0.4, 0.5) is 4.39 Å². The maximum atomic E-state index is 13.2. The van der Waals surface area contributed by atoms with Crippen LogP contribution in [0.5, 0.6) is 0 Å². The zero-order valence-electron chi connectivity index (χ0n) is 9.91. The maximum absolute atomic E-state index is 13.2. The summed E-state index contributed by atoms with van der Waals surface area (Å²) in [6, 6.07) is 8.17. The van der Waals surface area contributed by atoms with E-state index in [-0.39, 0.29) is 11.9 Å². The third kappa shape index (κ3) is 3.82. The van der Waals surface area contributed by atoms with E-state index in [9.17, 15) is 4.39 Å². The molecular formula is C13H12Br2FN3. The van der Waals surface area contributed by atoms with Crippen molar-refractivity contribution in [3.8, 4) is 0 Å². The quantitative estimate of drug-likeness (QED) is 0.622. The molecule has 1 heterocycles. The molecular weight excluding hydrogens is 377 g/mol. The number of hydrazine groups is 1. The van der Waals surface area contributed by atoms with E-state index in [1.165, 1.54) is 12.1 Å². The number of nitrogens with zero attached hydrogens (tertiary/aromatic N) is 1. The molecule has 0 radical (unpaired) electrons. The van der Waals surface area contributed by atoms with Crippen molar-refractivity contribution >= 4 is 31.9 Å². The Morgan fingerprint density at radius 2 is 2.11 bits per heavy atom. The van der Waals surface area contributed by atoms with Crippen molar-refractivity contribution < 1.29 is 4.39 Å². The van der Waals surface area contributed by atoms with E-state index in [1.54, 1.807) is 12.3 Å². The van der Waals surface area contributed by atoms with Crippen molar-refractivity contribution in [3.63, 3.8) is 0 Å². The standard InChI is InChI=1S/C13H12Br2FN3/c14-9-6-11(15)13(18-7-9)12(19-17)5-8-2-1-3-10(16)4-8/h1-4,6-7,12,19H,5,17H2. The van der Waals surface area contributed by atoms with Crippen molar-refractivity contribution in [3.05, 3.63) is 62.5 Å². The van der Waals surface area contributed by atoms with Gasteiger partial charge >= 0.3 is 0 Å². The summed E-state index contributed by atoms with van der Waals surface area (Å²) >= 11 is 6.80. The number of nitrogens with two attached hydrogens (primary N) is 1. The van der Waals surface area contributed by atoms with Gasteiger partial charge in [-0.05, 0) is 62.0 Å². The monoisotopic (exact) mass is 387 g/mol. The first-order chi connectivity index (χ1) is 9.10. The predicted molar refractivity (Wildman–Crippen MR) is 79.8 cm³/mol. The topological polar surface area (TPSA) is 50.9 Å².